The lowest BCUT2D eigenvalue weighted by atomic mass is 10.1. The Bertz CT molecular complexity index is 251. The molecule has 0 N–H and O–H groups in total. The highest BCUT2D eigenvalue weighted by molar-refractivity contribution is 5.79. The molecule has 0 radical (unpaired) electrons. The number of nitrogens with zero attached hydrogens (tertiary/aromatic N) is 2. The van der Waals surface area contributed by atoms with Crippen LogP contribution in [0.1, 0.15) is 39.5 Å². The molecule has 0 aliphatic heterocycles. The zero-order chi connectivity index (χ0) is 11.3. The van der Waals surface area contributed by atoms with Crippen LogP contribution in [-0.4, -0.2) is 23.9 Å². The number of nitriles is 1. The zero-order valence-corrected chi connectivity index (χ0v) is 9.70. The lowest BCUT2D eigenvalue weighted by Gasteiger charge is -2.25. The predicted molar refractivity (Wildman–Crippen MR) is 59.0 cm³/mol. The highest BCUT2D eigenvalue weighted by Gasteiger charge is 2.26. The first-order valence-corrected chi connectivity index (χ1v) is 5.87. The van der Waals surface area contributed by atoms with Crippen molar-refractivity contribution in [3.05, 3.63) is 0 Å². The Labute approximate surface area is 92.1 Å². The minimum Gasteiger partial charge on any atom is -0.341 e. The van der Waals surface area contributed by atoms with E-state index in [0.29, 0.717) is 6.54 Å². The second kappa shape index (κ2) is 5.75. The quantitative estimate of drug-likeness (QED) is 0.710. The monoisotopic (exact) mass is 208 g/mol. The topological polar surface area (TPSA) is 44.1 Å². The minimum absolute atomic E-state index is 0.0599. The van der Waals surface area contributed by atoms with E-state index in [1.165, 1.54) is 12.8 Å². The molecule has 0 saturated heterocycles. The van der Waals surface area contributed by atoms with Gasteiger partial charge in [0.1, 0.15) is 0 Å². The predicted octanol–water partition coefficient (Wildman–Crippen LogP) is 2.18. The standard InChI is InChI=1S/C12H20N2O/c1-3-14(9-10(2)8-13)12(15)11-6-4-5-7-11/h10-11H,3-7,9H2,1-2H3/t10-/m0/s1. The summed E-state index contributed by atoms with van der Waals surface area (Å²) in [5.41, 5.74) is 0. The molecule has 1 rings (SSSR count). The molecule has 0 aromatic rings. The summed E-state index contributed by atoms with van der Waals surface area (Å²) in [6.07, 6.45) is 4.44. The average Bonchev–Trinajstić information content (AvgIpc) is 2.77. The summed E-state index contributed by atoms with van der Waals surface area (Å²) >= 11 is 0. The van der Waals surface area contributed by atoms with E-state index in [2.05, 4.69) is 6.07 Å². The first kappa shape index (κ1) is 12.0. The van der Waals surface area contributed by atoms with E-state index in [0.717, 1.165) is 19.4 Å². The fraction of sp³-hybridized carbons (Fsp3) is 0.833. The molecule has 1 saturated carbocycles. The van der Waals surface area contributed by atoms with Gasteiger partial charge in [-0.3, -0.25) is 4.79 Å². The van der Waals surface area contributed by atoms with Crippen LogP contribution >= 0.6 is 0 Å². The number of amides is 1. The lowest BCUT2D eigenvalue weighted by molar-refractivity contribution is -0.135. The molecule has 0 heterocycles. The number of hydrogen-bond acceptors (Lipinski definition) is 2. The molecule has 84 valence electrons. The first-order chi connectivity index (χ1) is 7.19. The van der Waals surface area contributed by atoms with Gasteiger partial charge in [-0.25, -0.2) is 0 Å². The molecule has 1 aliphatic carbocycles. The van der Waals surface area contributed by atoms with Gasteiger partial charge in [0.2, 0.25) is 5.91 Å². The van der Waals surface area contributed by atoms with E-state index in [1.807, 2.05) is 18.7 Å². The third-order valence-electron chi connectivity index (χ3n) is 3.11. The molecule has 3 nitrogen and oxygen atoms in total. The van der Waals surface area contributed by atoms with E-state index in [9.17, 15) is 4.79 Å². The molecule has 1 amide bonds. The third kappa shape index (κ3) is 3.23. The van der Waals surface area contributed by atoms with Gasteiger partial charge >= 0.3 is 0 Å². The first-order valence-electron chi connectivity index (χ1n) is 5.87. The van der Waals surface area contributed by atoms with Crippen LogP contribution in [0, 0.1) is 23.2 Å². The van der Waals surface area contributed by atoms with Gasteiger partial charge < -0.3 is 4.90 Å². The lowest BCUT2D eigenvalue weighted by Crippen LogP contribution is -2.37. The SMILES string of the molecule is CCN(C[C@@H](C)C#N)C(=O)C1CCCC1. The van der Waals surface area contributed by atoms with Crippen LogP contribution in [0.2, 0.25) is 0 Å². The molecule has 0 unspecified atom stereocenters. The Kier molecular flexibility index (Phi) is 4.61. The number of carbonyl (C=O) groups excluding carboxylic acids is 1. The van der Waals surface area contributed by atoms with Crippen LogP contribution in [0.5, 0.6) is 0 Å². The van der Waals surface area contributed by atoms with Crippen molar-refractivity contribution in [2.24, 2.45) is 11.8 Å². The summed E-state index contributed by atoms with van der Waals surface area (Å²) in [6, 6.07) is 2.18. The van der Waals surface area contributed by atoms with Crippen molar-refractivity contribution in [2.75, 3.05) is 13.1 Å². The smallest absolute Gasteiger partial charge is 0.225 e. The maximum atomic E-state index is 12.0. The summed E-state index contributed by atoms with van der Waals surface area (Å²) in [5, 5.41) is 8.74. The summed E-state index contributed by atoms with van der Waals surface area (Å²) in [4.78, 5) is 13.9. The molecule has 3 heteroatoms. The molecule has 0 bridgehead atoms. The summed E-state index contributed by atoms with van der Waals surface area (Å²) in [5.74, 6) is 0.434. The van der Waals surface area contributed by atoms with E-state index < -0.39 is 0 Å². The largest absolute Gasteiger partial charge is 0.341 e. The molecular formula is C12H20N2O. The highest BCUT2D eigenvalue weighted by atomic mass is 16.2. The van der Waals surface area contributed by atoms with Crippen LogP contribution in [-0.2, 0) is 4.79 Å². The van der Waals surface area contributed by atoms with Crippen LogP contribution < -0.4 is 0 Å². The molecule has 0 spiro atoms. The van der Waals surface area contributed by atoms with Crippen molar-refractivity contribution in [1.29, 1.82) is 5.26 Å². The van der Waals surface area contributed by atoms with E-state index >= 15 is 0 Å². The van der Waals surface area contributed by atoms with Crippen molar-refractivity contribution in [3.63, 3.8) is 0 Å². The Morgan fingerprint density at radius 1 is 1.53 bits per heavy atom. The van der Waals surface area contributed by atoms with Crippen LogP contribution in [0.3, 0.4) is 0 Å². The van der Waals surface area contributed by atoms with Gasteiger partial charge in [-0.05, 0) is 26.7 Å². The normalized spacial score (nSPS) is 18.5. The molecule has 1 fully saturated rings. The van der Waals surface area contributed by atoms with Gasteiger partial charge in [-0.2, -0.15) is 5.26 Å². The van der Waals surface area contributed by atoms with Crippen LogP contribution in [0.15, 0.2) is 0 Å². The average molecular weight is 208 g/mol. The Morgan fingerprint density at radius 3 is 2.60 bits per heavy atom. The van der Waals surface area contributed by atoms with Crippen molar-refractivity contribution in [1.82, 2.24) is 4.90 Å². The van der Waals surface area contributed by atoms with E-state index in [1.54, 1.807) is 0 Å². The maximum Gasteiger partial charge on any atom is 0.225 e. The number of hydrogen-bond donors (Lipinski definition) is 0. The second-order valence-corrected chi connectivity index (χ2v) is 4.39. The van der Waals surface area contributed by atoms with Crippen molar-refractivity contribution in [2.45, 2.75) is 39.5 Å². The van der Waals surface area contributed by atoms with Crippen LogP contribution in [0.4, 0.5) is 0 Å². The molecule has 1 aliphatic rings. The Balaban J connectivity index is 2.50. The van der Waals surface area contributed by atoms with Gasteiger partial charge in [0.25, 0.3) is 0 Å². The summed E-state index contributed by atoms with van der Waals surface area (Å²) in [7, 11) is 0. The number of rotatable bonds is 4. The van der Waals surface area contributed by atoms with Gasteiger partial charge in [0, 0.05) is 19.0 Å². The van der Waals surface area contributed by atoms with Gasteiger partial charge in [0.05, 0.1) is 12.0 Å². The second-order valence-electron chi connectivity index (χ2n) is 4.39. The van der Waals surface area contributed by atoms with Crippen molar-refractivity contribution < 1.29 is 4.79 Å². The third-order valence-corrected chi connectivity index (χ3v) is 3.11. The molecule has 0 aromatic heterocycles. The van der Waals surface area contributed by atoms with Gasteiger partial charge in [0.15, 0.2) is 0 Å². The summed E-state index contributed by atoms with van der Waals surface area (Å²) < 4.78 is 0. The van der Waals surface area contributed by atoms with Crippen molar-refractivity contribution in [3.8, 4) is 6.07 Å². The van der Waals surface area contributed by atoms with Gasteiger partial charge in [-0.15, -0.1) is 0 Å². The molecule has 0 aromatic carbocycles. The van der Waals surface area contributed by atoms with E-state index in [-0.39, 0.29) is 17.7 Å². The fourth-order valence-electron chi connectivity index (χ4n) is 2.18. The number of carbonyl (C=O) groups is 1. The fourth-order valence-corrected chi connectivity index (χ4v) is 2.18. The zero-order valence-electron chi connectivity index (χ0n) is 9.70. The van der Waals surface area contributed by atoms with Crippen LogP contribution in [0.25, 0.3) is 0 Å². The minimum atomic E-state index is -0.0599. The van der Waals surface area contributed by atoms with E-state index in [4.69, 9.17) is 5.26 Å². The Hall–Kier alpha value is -1.04. The molecule has 1 atom stereocenters. The maximum absolute atomic E-state index is 12.0. The Morgan fingerprint density at radius 2 is 2.13 bits per heavy atom. The summed E-state index contributed by atoms with van der Waals surface area (Å²) in [6.45, 7) is 5.16. The molecule has 15 heavy (non-hydrogen) atoms. The van der Waals surface area contributed by atoms with Crippen molar-refractivity contribution >= 4 is 5.91 Å². The van der Waals surface area contributed by atoms with Gasteiger partial charge in [-0.1, -0.05) is 12.8 Å². The molecular weight excluding hydrogens is 188 g/mol. The highest BCUT2D eigenvalue weighted by Crippen LogP contribution is 2.26.